The molecule has 0 fully saturated rings. The summed E-state index contributed by atoms with van der Waals surface area (Å²) in [6.45, 7) is 1.38. The Kier molecular flexibility index (Phi) is 5.17. The van der Waals surface area contributed by atoms with Crippen molar-refractivity contribution in [3.8, 4) is 0 Å². The van der Waals surface area contributed by atoms with Crippen molar-refractivity contribution in [1.82, 2.24) is 0 Å². The number of sulfonamides is 1. The van der Waals surface area contributed by atoms with E-state index < -0.39 is 47.4 Å². The summed E-state index contributed by atoms with van der Waals surface area (Å²) in [4.78, 5) is -1.37. The monoisotopic (exact) mass is 391 g/mol. The molecule has 2 N–H and O–H groups in total. The van der Waals surface area contributed by atoms with Gasteiger partial charge in [0.25, 0.3) is 0 Å². The standard InChI is InChI=1S/C15H15F2NO5S2/c1-9(19)10-3-5-13(18-24(2,20)21)15(7-10)25(22,23)14-6-4-11(16)8-12(14)17/h3-9,18-19H,1-2H3. The van der Waals surface area contributed by atoms with Gasteiger partial charge in [0, 0.05) is 6.07 Å². The van der Waals surface area contributed by atoms with Crippen molar-refractivity contribution >= 4 is 25.5 Å². The first-order valence-corrected chi connectivity index (χ1v) is 10.3. The normalized spacial score (nSPS) is 13.5. The summed E-state index contributed by atoms with van der Waals surface area (Å²) in [6, 6.07) is 5.46. The number of sulfone groups is 1. The zero-order valence-corrected chi connectivity index (χ0v) is 14.8. The van der Waals surface area contributed by atoms with Gasteiger partial charge in [0.2, 0.25) is 19.9 Å². The fraction of sp³-hybridized carbons (Fsp3) is 0.200. The number of aliphatic hydroxyl groups is 1. The van der Waals surface area contributed by atoms with Crippen molar-refractivity contribution in [2.45, 2.75) is 22.8 Å². The predicted octanol–water partition coefficient (Wildman–Crippen LogP) is 2.22. The molecule has 1 unspecified atom stereocenters. The van der Waals surface area contributed by atoms with Gasteiger partial charge in [0.1, 0.15) is 16.5 Å². The van der Waals surface area contributed by atoms with E-state index in [1.807, 2.05) is 4.72 Å². The molecule has 0 aliphatic carbocycles. The number of benzene rings is 2. The lowest BCUT2D eigenvalue weighted by molar-refractivity contribution is 0.199. The number of nitrogens with one attached hydrogen (secondary N) is 1. The van der Waals surface area contributed by atoms with Gasteiger partial charge in [-0.1, -0.05) is 6.07 Å². The third-order valence-electron chi connectivity index (χ3n) is 3.26. The van der Waals surface area contributed by atoms with Gasteiger partial charge in [0.15, 0.2) is 0 Å². The van der Waals surface area contributed by atoms with E-state index in [0.717, 1.165) is 30.5 Å². The summed E-state index contributed by atoms with van der Waals surface area (Å²) >= 11 is 0. The first kappa shape index (κ1) is 19.3. The third kappa shape index (κ3) is 4.33. The van der Waals surface area contributed by atoms with E-state index in [0.29, 0.717) is 6.07 Å². The van der Waals surface area contributed by atoms with Crippen LogP contribution in [0.4, 0.5) is 14.5 Å². The van der Waals surface area contributed by atoms with Crippen LogP contribution in [0, 0.1) is 11.6 Å². The molecule has 2 rings (SSSR count). The smallest absolute Gasteiger partial charge is 0.229 e. The van der Waals surface area contributed by atoms with Crippen molar-refractivity contribution in [2.75, 3.05) is 11.0 Å². The zero-order chi connectivity index (χ0) is 19.0. The van der Waals surface area contributed by atoms with Crippen LogP contribution >= 0.6 is 0 Å². The molecule has 2 aromatic rings. The molecule has 0 aromatic heterocycles. The number of hydrogen-bond acceptors (Lipinski definition) is 5. The summed E-state index contributed by atoms with van der Waals surface area (Å²) in [5, 5.41) is 9.64. The molecule has 0 bridgehead atoms. The summed E-state index contributed by atoms with van der Waals surface area (Å²) in [5.41, 5.74) is -0.129. The van der Waals surface area contributed by atoms with E-state index in [1.54, 1.807) is 0 Å². The van der Waals surface area contributed by atoms with E-state index in [1.165, 1.54) is 13.0 Å². The minimum atomic E-state index is -4.53. The highest BCUT2D eigenvalue weighted by atomic mass is 32.2. The van der Waals surface area contributed by atoms with E-state index in [-0.39, 0.29) is 11.3 Å². The second-order valence-electron chi connectivity index (χ2n) is 5.38. The molecule has 25 heavy (non-hydrogen) atoms. The highest BCUT2D eigenvalue weighted by Crippen LogP contribution is 2.32. The molecule has 2 aromatic carbocycles. The molecule has 0 aliphatic rings. The summed E-state index contributed by atoms with van der Waals surface area (Å²) < 4.78 is 77.5. The van der Waals surface area contributed by atoms with Gasteiger partial charge in [-0.2, -0.15) is 0 Å². The van der Waals surface area contributed by atoms with Gasteiger partial charge in [-0.3, -0.25) is 4.72 Å². The second kappa shape index (κ2) is 6.70. The summed E-state index contributed by atoms with van der Waals surface area (Å²) in [7, 11) is -8.35. The molecule has 136 valence electrons. The van der Waals surface area contributed by atoms with Gasteiger partial charge in [0.05, 0.1) is 22.9 Å². The maximum atomic E-state index is 14.0. The van der Waals surface area contributed by atoms with E-state index in [2.05, 4.69) is 0 Å². The number of hydrogen-bond donors (Lipinski definition) is 2. The fourth-order valence-electron chi connectivity index (χ4n) is 2.12. The lowest BCUT2D eigenvalue weighted by Gasteiger charge is -2.15. The molecule has 0 saturated carbocycles. The van der Waals surface area contributed by atoms with Gasteiger partial charge in [-0.15, -0.1) is 0 Å². The Hall–Kier alpha value is -2.04. The van der Waals surface area contributed by atoms with Crippen molar-refractivity contribution < 1.29 is 30.7 Å². The lowest BCUT2D eigenvalue weighted by Crippen LogP contribution is -2.15. The Morgan fingerprint density at radius 2 is 1.64 bits per heavy atom. The fourth-order valence-corrected chi connectivity index (χ4v) is 4.26. The summed E-state index contributed by atoms with van der Waals surface area (Å²) in [5.74, 6) is -2.27. The van der Waals surface area contributed by atoms with Crippen LogP contribution in [0.2, 0.25) is 0 Å². The Bertz CT molecular complexity index is 1020. The van der Waals surface area contributed by atoms with E-state index in [4.69, 9.17) is 0 Å². The largest absolute Gasteiger partial charge is 0.389 e. The minimum absolute atomic E-state index is 0.181. The molecule has 0 radical (unpaired) electrons. The Morgan fingerprint density at radius 3 is 2.16 bits per heavy atom. The van der Waals surface area contributed by atoms with Crippen LogP contribution in [0.25, 0.3) is 0 Å². The van der Waals surface area contributed by atoms with Crippen LogP contribution < -0.4 is 4.72 Å². The highest BCUT2D eigenvalue weighted by Gasteiger charge is 2.27. The number of rotatable bonds is 5. The molecular formula is C15H15F2NO5S2. The molecule has 0 aliphatic heterocycles. The third-order valence-corrected chi connectivity index (χ3v) is 5.67. The van der Waals surface area contributed by atoms with Crippen LogP contribution in [0.1, 0.15) is 18.6 Å². The molecule has 0 spiro atoms. The number of anilines is 1. The van der Waals surface area contributed by atoms with Crippen LogP contribution in [-0.4, -0.2) is 28.2 Å². The molecule has 0 saturated heterocycles. The van der Waals surface area contributed by atoms with Crippen LogP contribution in [-0.2, 0) is 19.9 Å². The average Bonchev–Trinajstić information content (AvgIpc) is 2.45. The Labute approximate surface area is 144 Å². The SMILES string of the molecule is CC(O)c1ccc(NS(C)(=O)=O)c(S(=O)(=O)c2ccc(F)cc2F)c1. The quantitative estimate of drug-likeness (QED) is 0.762. The van der Waals surface area contributed by atoms with E-state index >= 15 is 0 Å². The highest BCUT2D eigenvalue weighted by molar-refractivity contribution is 7.93. The van der Waals surface area contributed by atoms with Crippen molar-refractivity contribution in [3.63, 3.8) is 0 Å². The first-order chi connectivity index (χ1) is 11.4. The number of aliphatic hydroxyl groups excluding tert-OH is 1. The minimum Gasteiger partial charge on any atom is -0.389 e. The molecule has 0 heterocycles. The first-order valence-electron chi connectivity index (χ1n) is 6.92. The van der Waals surface area contributed by atoms with Gasteiger partial charge >= 0.3 is 0 Å². The summed E-state index contributed by atoms with van der Waals surface area (Å²) in [6.07, 6.45) is -0.218. The van der Waals surface area contributed by atoms with Crippen molar-refractivity contribution in [3.05, 3.63) is 53.6 Å². The molecule has 6 nitrogen and oxygen atoms in total. The topological polar surface area (TPSA) is 101 Å². The Morgan fingerprint density at radius 1 is 1.00 bits per heavy atom. The zero-order valence-electron chi connectivity index (χ0n) is 13.2. The number of halogens is 2. The van der Waals surface area contributed by atoms with Crippen molar-refractivity contribution in [2.24, 2.45) is 0 Å². The Balaban J connectivity index is 2.74. The second-order valence-corrected chi connectivity index (χ2v) is 9.02. The molecule has 1 atom stereocenters. The lowest BCUT2D eigenvalue weighted by atomic mass is 10.1. The average molecular weight is 391 g/mol. The van der Waals surface area contributed by atoms with Crippen LogP contribution in [0.5, 0.6) is 0 Å². The van der Waals surface area contributed by atoms with Crippen LogP contribution in [0.3, 0.4) is 0 Å². The van der Waals surface area contributed by atoms with Crippen LogP contribution in [0.15, 0.2) is 46.2 Å². The van der Waals surface area contributed by atoms with Gasteiger partial charge in [-0.25, -0.2) is 25.6 Å². The maximum absolute atomic E-state index is 14.0. The predicted molar refractivity (Wildman–Crippen MR) is 87.4 cm³/mol. The maximum Gasteiger partial charge on any atom is 0.229 e. The van der Waals surface area contributed by atoms with Gasteiger partial charge < -0.3 is 5.11 Å². The molecular weight excluding hydrogens is 376 g/mol. The van der Waals surface area contributed by atoms with E-state index in [9.17, 15) is 30.7 Å². The van der Waals surface area contributed by atoms with Crippen molar-refractivity contribution in [1.29, 1.82) is 0 Å². The van der Waals surface area contributed by atoms with Gasteiger partial charge in [-0.05, 0) is 36.8 Å². The molecule has 10 heteroatoms. The molecule has 0 amide bonds.